The van der Waals surface area contributed by atoms with Crippen molar-refractivity contribution in [1.29, 1.82) is 0 Å². The Balaban J connectivity index is 1.25. The number of amides is 1. The second kappa shape index (κ2) is 9.64. The second-order valence-corrected chi connectivity index (χ2v) is 12.9. The molecule has 0 N–H and O–H groups in total. The highest BCUT2D eigenvalue weighted by Crippen LogP contribution is 2.39. The zero-order valence-corrected chi connectivity index (χ0v) is 21.3. The first kappa shape index (κ1) is 25.2. The zero-order chi connectivity index (χ0) is 24.7. The standard InChI is InChI=1S/C25H36FNO6S/c1-25(2,3)33-24(28)27-16-5-6-17(27)14-20(13-16)31-18-7-9-19(10-8-18)32-23-12-11-21(15-22(23)26)34(4,29)30/h11-12,15-20H,5-10,13-14H2,1-4H3/t16-,17-,18?,19?/m0/s1. The maximum atomic E-state index is 14.3. The van der Waals surface area contributed by atoms with Crippen molar-refractivity contribution in [1.82, 2.24) is 4.90 Å². The van der Waals surface area contributed by atoms with Crippen LogP contribution in [0.3, 0.4) is 0 Å². The minimum Gasteiger partial charge on any atom is -0.487 e. The lowest BCUT2D eigenvalue weighted by Crippen LogP contribution is -2.50. The molecule has 1 amide bonds. The Morgan fingerprint density at radius 1 is 0.971 bits per heavy atom. The van der Waals surface area contributed by atoms with E-state index in [4.69, 9.17) is 14.2 Å². The molecule has 34 heavy (non-hydrogen) atoms. The second-order valence-electron chi connectivity index (χ2n) is 10.9. The Labute approximate surface area is 201 Å². The molecule has 3 fully saturated rings. The third kappa shape index (κ3) is 6.03. The predicted molar refractivity (Wildman–Crippen MR) is 125 cm³/mol. The molecule has 1 aromatic rings. The number of carbonyl (C=O) groups excluding carboxylic acids is 1. The molecule has 190 valence electrons. The van der Waals surface area contributed by atoms with Crippen molar-refractivity contribution in [2.45, 2.75) is 113 Å². The van der Waals surface area contributed by atoms with Crippen LogP contribution < -0.4 is 4.74 Å². The van der Waals surface area contributed by atoms with E-state index >= 15 is 0 Å². The van der Waals surface area contributed by atoms with Crippen molar-refractivity contribution in [2.24, 2.45) is 0 Å². The molecule has 9 heteroatoms. The van der Waals surface area contributed by atoms with Gasteiger partial charge in [0.1, 0.15) is 5.60 Å². The number of fused-ring (bicyclic) bond motifs is 2. The minimum atomic E-state index is -3.46. The van der Waals surface area contributed by atoms with Crippen molar-refractivity contribution in [3.8, 4) is 5.75 Å². The highest BCUT2D eigenvalue weighted by Gasteiger charge is 2.45. The lowest BCUT2D eigenvalue weighted by Gasteiger charge is -2.41. The van der Waals surface area contributed by atoms with Crippen LogP contribution in [-0.4, -0.2) is 61.7 Å². The lowest BCUT2D eigenvalue weighted by molar-refractivity contribution is -0.0814. The van der Waals surface area contributed by atoms with E-state index in [0.29, 0.717) is 0 Å². The molecule has 0 radical (unpaired) electrons. The molecule has 1 saturated carbocycles. The SMILES string of the molecule is CC(C)(C)OC(=O)N1[C@H]2CC[C@H]1CC(OC1CCC(Oc3ccc(S(C)(=O)=O)cc3F)CC1)C2. The topological polar surface area (TPSA) is 82.1 Å². The largest absolute Gasteiger partial charge is 0.487 e. The van der Waals surface area contributed by atoms with Gasteiger partial charge in [-0.1, -0.05) is 0 Å². The molecule has 0 unspecified atom stereocenters. The normalized spacial score (nSPS) is 29.7. The van der Waals surface area contributed by atoms with E-state index in [1.165, 1.54) is 12.1 Å². The monoisotopic (exact) mass is 497 g/mol. The van der Waals surface area contributed by atoms with Gasteiger partial charge >= 0.3 is 6.09 Å². The van der Waals surface area contributed by atoms with Crippen LogP contribution >= 0.6 is 0 Å². The van der Waals surface area contributed by atoms with E-state index in [1.807, 2.05) is 25.7 Å². The molecule has 0 spiro atoms. The first-order valence-electron chi connectivity index (χ1n) is 12.2. The number of sulfone groups is 1. The van der Waals surface area contributed by atoms with Crippen LogP contribution in [0.1, 0.15) is 72.1 Å². The quantitative estimate of drug-likeness (QED) is 0.578. The first-order chi connectivity index (χ1) is 15.9. The maximum Gasteiger partial charge on any atom is 0.410 e. The van der Waals surface area contributed by atoms with E-state index < -0.39 is 21.3 Å². The molecule has 3 aliphatic rings. The van der Waals surface area contributed by atoms with Crippen LogP contribution in [0.25, 0.3) is 0 Å². The van der Waals surface area contributed by atoms with Crippen LogP contribution in [-0.2, 0) is 19.3 Å². The number of nitrogens with zero attached hydrogens (tertiary/aromatic N) is 1. The average molecular weight is 498 g/mol. The summed E-state index contributed by atoms with van der Waals surface area (Å²) in [6.07, 6.45) is 7.81. The van der Waals surface area contributed by atoms with Gasteiger partial charge in [0, 0.05) is 18.3 Å². The summed E-state index contributed by atoms with van der Waals surface area (Å²) in [7, 11) is -3.46. The summed E-state index contributed by atoms with van der Waals surface area (Å²) in [6.45, 7) is 5.67. The Kier molecular flexibility index (Phi) is 7.16. The number of rotatable bonds is 5. The Hall–Kier alpha value is -1.87. The molecule has 2 atom stereocenters. The summed E-state index contributed by atoms with van der Waals surface area (Å²) >= 11 is 0. The van der Waals surface area contributed by atoms with Crippen LogP contribution in [0.15, 0.2) is 23.1 Å². The van der Waals surface area contributed by atoms with Crippen molar-refractivity contribution in [3.63, 3.8) is 0 Å². The number of benzene rings is 1. The predicted octanol–water partition coefficient (Wildman–Crippen LogP) is 4.87. The smallest absolute Gasteiger partial charge is 0.410 e. The number of carbonyl (C=O) groups is 1. The fraction of sp³-hybridized carbons (Fsp3) is 0.720. The Bertz CT molecular complexity index is 985. The third-order valence-corrected chi connectivity index (χ3v) is 8.04. The molecule has 7 nitrogen and oxygen atoms in total. The van der Waals surface area contributed by atoms with E-state index in [1.54, 1.807) is 0 Å². The zero-order valence-electron chi connectivity index (χ0n) is 20.5. The van der Waals surface area contributed by atoms with Crippen LogP contribution in [0, 0.1) is 5.82 Å². The van der Waals surface area contributed by atoms with E-state index in [2.05, 4.69) is 0 Å². The average Bonchev–Trinajstić information content (AvgIpc) is 3.00. The number of ether oxygens (including phenoxy) is 3. The Morgan fingerprint density at radius 2 is 1.56 bits per heavy atom. The van der Waals surface area contributed by atoms with Crippen molar-refractivity contribution in [3.05, 3.63) is 24.0 Å². The highest BCUT2D eigenvalue weighted by molar-refractivity contribution is 7.90. The fourth-order valence-corrected chi connectivity index (χ4v) is 6.03. The summed E-state index contributed by atoms with van der Waals surface area (Å²) in [5, 5.41) is 0. The van der Waals surface area contributed by atoms with Crippen LogP contribution in [0.4, 0.5) is 9.18 Å². The van der Waals surface area contributed by atoms with Gasteiger partial charge in [-0.2, -0.15) is 0 Å². The minimum absolute atomic E-state index is 0.0545. The van der Waals surface area contributed by atoms with Gasteiger partial charge in [-0.3, -0.25) is 0 Å². The summed E-state index contributed by atoms with van der Waals surface area (Å²) in [5.74, 6) is -0.573. The van der Waals surface area contributed by atoms with Crippen LogP contribution in [0.5, 0.6) is 5.75 Å². The van der Waals surface area contributed by atoms with Gasteiger partial charge in [-0.25, -0.2) is 17.6 Å². The number of piperidine rings is 1. The van der Waals surface area contributed by atoms with Gasteiger partial charge in [-0.15, -0.1) is 0 Å². The number of halogens is 1. The van der Waals surface area contributed by atoms with Crippen LogP contribution in [0.2, 0.25) is 0 Å². The van der Waals surface area contributed by atoms with Gasteiger partial charge < -0.3 is 19.1 Å². The van der Waals surface area contributed by atoms with Gasteiger partial charge in [0.15, 0.2) is 21.4 Å². The molecular weight excluding hydrogens is 461 g/mol. The number of hydrogen-bond donors (Lipinski definition) is 0. The Morgan fingerprint density at radius 3 is 2.09 bits per heavy atom. The van der Waals surface area contributed by atoms with E-state index in [-0.39, 0.29) is 47.1 Å². The highest BCUT2D eigenvalue weighted by atomic mass is 32.2. The van der Waals surface area contributed by atoms with Gasteiger partial charge in [0.05, 0.1) is 23.2 Å². The van der Waals surface area contributed by atoms with Gasteiger partial charge in [0.2, 0.25) is 0 Å². The van der Waals surface area contributed by atoms with Gasteiger partial charge in [-0.05, 0) is 90.3 Å². The summed E-state index contributed by atoms with van der Waals surface area (Å²) in [4.78, 5) is 14.5. The van der Waals surface area contributed by atoms with Crippen molar-refractivity contribution < 1.29 is 31.8 Å². The first-order valence-corrected chi connectivity index (χ1v) is 14.1. The molecule has 2 bridgehead atoms. The molecule has 2 saturated heterocycles. The fourth-order valence-electron chi connectivity index (χ4n) is 5.40. The maximum absolute atomic E-state index is 14.3. The summed E-state index contributed by atoms with van der Waals surface area (Å²) in [5.41, 5.74) is -0.497. The molecule has 0 aromatic heterocycles. The molecule has 4 rings (SSSR count). The summed E-state index contributed by atoms with van der Waals surface area (Å²) < 4.78 is 55.4. The molecule has 2 heterocycles. The number of hydrogen-bond acceptors (Lipinski definition) is 6. The third-order valence-electron chi connectivity index (χ3n) is 6.93. The lowest BCUT2D eigenvalue weighted by atomic mass is 9.93. The van der Waals surface area contributed by atoms with Gasteiger partial charge in [0.25, 0.3) is 0 Å². The molecular formula is C25H36FNO6S. The molecule has 1 aliphatic carbocycles. The van der Waals surface area contributed by atoms with E-state index in [0.717, 1.165) is 63.7 Å². The molecule has 2 aliphatic heterocycles. The summed E-state index contributed by atoms with van der Waals surface area (Å²) in [6, 6.07) is 4.13. The molecule has 1 aromatic carbocycles. The van der Waals surface area contributed by atoms with E-state index in [9.17, 15) is 17.6 Å². The van der Waals surface area contributed by atoms with Crippen molar-refractivity contribution in [2.75, 3.05) is 6.26 Å². The van der Waals surface area contributed by atoms with Crippen molar-refractivity contribution >= 4 is 15.9 Å².